The molecule has 1 spiro atoms. The lowest BCUT2D eigenvalue weighted by atomic mass is 9.62. The van der Waals surface area contributed by atoms with Crippen LogP contribution in [0.15, 0.2) is 0 Å². The summed E-state index contributed by atoms with van der Waals surface area (Å²) < 4.78 is 11.9. The van der Waals surface area contributed by atoms with Gasteiger partial charge in [0.1, 0.15) is 0 Å². The van der Waals surface area contributed by atoms with E-state index in [1.165, 1.54) is 44.9 Å². The smallest absolute Gasteiger partial charge is 0.155 e. The van der Waals surface area contributed by atoms with Gasteiger partial charge in [0.2, 0.25) is 0 Å². The van der Waals surface area contributed by atoms with Crippen LogP contribution < -0.4 is 0 Å². The predicted molar refractivity (Wildman–Crippen MR) is 74.7 cm³/mol. The van der Waals surface area contributed by atoms with Crippen LogP contribution in [0.4, 0.5) is 0 Å². The van der Waals surface area contributed by atoms with Crippen molar-refractivity contribution in [2.75, 3.05) is 6.61 Å². The van der Waals surface area contributed by atoms with Gasteiger partial charge in [0.05, 0.1) is 6.10 Å². The van der Waals surface area contributed by atoms with Gasteiger partial charge in [0, 0.05) is 6.61 Å². The molecule has 0 aromatic rings. The van der Waals surface area contributed by atoms with Gasteiger partial charge in [-0.3, -0.25) is 0 Å². The summed E-state index contributed by atoms with van der Waals surface area (Å²) in [4.78, 5) is 0. The van der Waals surface area contributed by atoms with E-state index < -0.39 is 0 Å². The molecule has 7 atom stereocenters. The summed E-state index contributed by atoms with van der Waals surface area (Å²) in [5.41, 5.74) is 0.697. The molecule has 4 saturated carbocycles. The quantitative estimate of drug-likeness (QED) is 0.715. The van der Waals surface area contributed by atoms with E-state index in [2.05, 4.69) is 13.8 Å². The standard InChI is InChI=1S/C17H28O2/c1-3-18-11(2)19-16-8-13-7-15(16)17(10-13)9-12-4-5-14(17)6-12/h11-16H,3-10H2,1-2H3. The number of hydrogen-bond donors (Lipinski definition) is 0. The summed E-state index contributed by atoms with van der Waals surface area (Å²) in [5, 5.41) is 0. The van der Waals surface area contributed by atoms with Gasteiger partial charge >= 0.3 is 0 Å². The second-order valence-electron chi connectivity index (χ2n) is 7.66. The fraction of sp³-hybridized carbons (Fsp3) is 1.00. The van der Waals surface area contributed by atoms with Crippen molar-refractivity contribution in [1.29, 1.82) is 0 Å². The average Bonchev–Trinajstić information content (AvgIpc) is 3.08. The zero-order valence-corrected chi connectivity index (χ0v) is 12.4. The molecule has 7 unspecified atom stereocenters. The van der Waals surface area contributed by atoms with E-state index in [-0.39, 0.29) is 6.29 Å². The Balaban J connectivity index is 1.49. The highest BCUT2D eigenvalue weighted by Gasteiger charge is 2.63. The average molecular weight is 264 g/mol. The van der Waals surface area contributed by atoms with Gasteiger partial charge in [-0.05, 0) is 81.5 Å². The van der Waals surface area contributed by atoms with Crippen LogP contribution in [0.3, 0.4) is 0 Å². The molecule has 0 aromatic heterocycles. The molecule has 0 radical (unpaired) electrons. The van der Waals surface area contributed by atoms with E-state index in [0.29, 0.717) is 11.5 Å². The maximum absolute atomic E-state index is 6.26. The largest absolute Gasteiger partial charge is 0.353 e. The van der Waals surface area contributed by atoms with Gasteiger partial charge in [0.25, 0.3) is 0 Å². The van der Waals surface area contributed by atoms with E-state index >= 15 is 0 Å². The Bertz CT molecular complexity index is 351. The summed E-state index contributed by atoms with van der Waals surface area (Å²) >= 11 is 0. The van der Waals surface area contributed by atoms with E-state index in [4.69, 9.17) is 9.47 Å². The lowest BCUT2D eigenvalue weighted by Crippen LogP contribution is -2.42. The topological polar surface area (TPSA) is 18.5 Å². The van der Waals surface area contributed by atoms with Crippen molar-refractivity contribution < 1.29 is 9.47 Å². The molecule has 0 aliphatic heterocycles. The molecule has 0 heterocycles. The zero-order chi connectivity index (χ0) is 13.0. The highest BCUT2D eigenvalue weighted by molar-refractivity contribution is 5.13. The summed E-state index contributed by atoms with van der Waals surface area (Å²) in [6, 6.07) is 0. The van der Waals surface area contributed by atoms with Crippen molar-refractivity contribution >= 4 is 0 Å². The summed E-state index contributed by atoms with van der Waals surface area (Å²) in [5.74, 6) is 3.93. The molecule has 2 heteroatoms. The molecular formula is C17H28O2. The molecule has 0 amide bonds. The van der Waals surface area contributed by atoms with Crippen molar-refractivity contribution in [3.63, 3.8) is 0 Å². The fourth-order valence-electron chi connectivity index (χ4n) is 6.42. The van der Waals surface area contributed by atoms with E-state index in [0.717, 1.165) is 30.3 Å². The number of ether oxygens (including phenoxy) is 2. The van der Waals surface area contributed by atoms with Crippen LogP contribution in [0.1, 0.15) is 58.8 Å². The molecule has 4 aliphatic rings. The lowest BCUT2D eigenvalue weighted by molar-refractivity contribution is -0.184. The minimum atomic E-state index is -0.00927. The Morgan fingerprint density at radius 3 is 2.58 bits per heavy atom. The van der Waals surface area contributed by atoms with Gasteiger partial charge in [0.15, 0.2) is 6.29 Å². The number of rotatable bonds is 4. The van der Waals surface area contributed by atoms with Crippen molar-refractivity contribution in [3.05, 3.63) is 0 Å². The van der Waals surface area contributed by atoms with Crippen molar-refractivity contribution in [2.24, 2.45) is 29.1 Å². The van der Waals surface area contributed by atoms with Gasteiger partial charge in [-0.2, -0.15) is 0 Å². The van der Waals surface area contributed by atoms with Crippen LogP contribution >= 0.6 is 0 Å². The third kappa shape index (κ3) is 1.82. The summed E-state index contributed by atoms with van der Waals surface area (Å²) in [6.45, 7) is 4.89. The summed E-state index contributed by atoms with van der Waals surface area (Å²) in [7, 11) is 0. The van der Waals surface area contributed by atoms with Crippen LogP contribution in [-0.2, 0) is 9.47 Å². The second kappa shape index (κ2) is 4.46. The van der Waals surface area contributed by atoms with Gasteiger partial charge in [-0.15, -0.1) is 0 Å². The Labute approximate surface area is 117 Å². The van der Waals surface area contributed by atoms with Crippen LogP contribution in [-0.4, -0.2) is 19.0 Å². The molecule has 0 saturated heterocycles. The first kappa shape index (κ1) is 12.6. The van der Waals surface area contributed by atoms with E-state index in [1.54, 1.807) is 0 Å². The molecule has 2 nitrogen and oxygen atoms in total. The first-order valence-corrected chi connectivity index (χ1v) is 8.48. The maximum atomic E-state index is 6.26. The van der Waals surface area contributed by atoms with E-state index in [9.17, 15) is 0 Å². The normalized spacial score (nSPS) is 52.4. The Morgan fingerprint density at radius 1 is 1.11 bits per heavy atom. The minimum Gasteiger partial charge on any atom is -0.353 e. The molecule has 0 N–H and O–H groups in total. The van der Waals surface area contributed by atoms with Crippen LogP contribution in [0.25, 0.3) is 0 Å². The third-order valence-corrected chi connectivity index (χ3v) is 6.80. The van der Waals surface area contributed by atoms with Gasteiger partial charge in [-0.25, -0.2) is 0 Å². The van der Waals surface area contributed by atoms with E-state index in [1.807, 2.05) is 0 Å². The lowest BCUT2D eigenvalue weighted by Gasteiger charge is -2.45. The van der Waals surface area contributed by atoms with Crippen LogP contribution in [0.5, 0.6) is 0 Å². The first-order valence-electron chi connectivity index (χ1n) is 8.48. The molecular weight excluding hydrogens is 236 g/mol. The Morgan fingerprint density at radius 2 is 1.95 bits per heavy atom. The van der Waals surface area contributed by atoms with Crippen LogP contribution in [0, 0.1) is 29.1 Å². The third-order valence-electron chi connectivity index (χ3n) is 6.80. The van der Waals surface area contributed by atoms with Gasteiger partial charge < -0.3 is 9.47 Å². The number of fused-ring (bicyclic) bond motifs is 6. The van der Waals surface area contributed by atoms with Gasteiger partial charge in [-0.1, -0.05) is 6.42 Å². The molecule has 4 rings (SSSR count). The highest BCUT2D eigenvalue weighted by Crippen LogP contribution is 2.70. The highest BCUT2D eigenvalue weighted by atomic mass is 16.7. The maximum Gasteiger partial charge on any atom is 0.155 e. The summed E-state index contributed by atoms with van der Waals surface area (Å²) in [6.07, 6.45) is 10.9. The molecule has 4 bridgehead atoms. The zero-order valence-electron chi connectivity index (χ0n) is 12.4. The molecule has 4 fully saturated rings. The Kier molecular flexibility index (Phi) is 2.97. The predicted octanol–water partition coefficient (Wildman–Crippen LogP) is 3.99. The molecule has 19 heavy (non-hydrogen) atoms. The minimum absolute atomic E-state index is 0.00927. The molecule has 108 valence electrons. The van der Waals surface area contributed by atoms with Crippen molar-refractivity contribution in [2.45, 2.75) is 71.2 Å². The molecule has 4 aliphatic carbocycles. The number of hydrogen-bond acceptors (Lipinski definition) is 2. The van der Waals surface area contributed by atoms with Crippen LogP contribution in [0.2, 0.25) is 0 Å². The SMILES string of the molecule is CCOC(C)OC1CC2CC1C1(CC3CCC1C3)C2. The second-order valence-corrected chi connectivity index (χ2v) is 7.66. The first-order chi connectivity index (χ1) is 9.21. The Hall–Kier alpha value is -0.0800. The monoisotopic (exact) mass is 264 g/mol. The van der Waals surface area contributed by atoms with Crippen molar-refractivity contribution in [3.8, 4) is 0 Å². The van der Waals surface area contributed by atoms with Crippen molar-refractivity contribution in [1.82, 2.24) is 0 Å². The molecule has 0 aromatic carbocycles. The fourth-order valence-corrected chi connectivity index (χ4v) is 6.42.